The molecule has 0 radical (unpaired) electrons. The summed E-state index contributed by atoms with van der Waals surface area (Å²) in [4.78, 5) is 10.5. The van der Waals surface area contributed by atoms with Gasteiger partial charge in [-0.3, -0.25) is 4.57 Å². The molecule has 0 atom stereocenters. The summed E-state index contributed by atoms with van der Waals surface area (Å²) in [6.45, 7) is 0. The van der Waals surface area contributed by atoms with Crippen molar-refractivity contribution in [2.24, 2.45) is 0 Å². The van der Waals surface area contributed by atoms with E-state index < -0.39 is 0 Å². The lowest BCUT2D eigenvalue weighted by Crippen LogP contribution is -2.03. The number of aromatic nitrogens is 4. The van der Waals surface area contributed by atoms with Gasteiger partial charge in [-0.1, -0.05) is 127 Å². The summed E-state index contributed by atoms with van der Waals surface area (Å²) in [6, 6.07) is 56.5. The Labute approximate surface area is 275 Å². The molecule has 0 amide bonds. The Balaban J connectivity index is 1.30. The lowest BCUT2D eigenvalue weighted by molar-refractivity contribution is 1.01. The summed E-state index contributed by atoms with van der Waals surface area (Å²) in [7, 11) is 0. The highest BCUT2D eigenvalue weighted by Crippen LogP contribution is 2.48. The summed E-state index contributed by atoms with van der Waals surface area (Å²) in [5.41, 5.74) is 13.7. The van der Waals surface area contributed by atoms with Crippen molar-refractivity contribution in [2.45, 2.75) is 0 Å². The van der Waals surface area contributed by atoms with Gasteiger partial charge in [-0.25, -0.2) is 9.97 Å². The van der Waals surface area contributed by atoms with Gasteiger partial charge in [0.15, 0.2) is 0 Å². The molecule has 0 bridgehead atoms. The number of nitrogens with zero attached hydrogens (tertiary/aromatic N) is 4. The summed E-state index contributed by atoms with van der Waals surface area (Å²) in [6.07, 6.45) is 0. The summed E-state index contributed by atoms with van der Waals surface area (Å²) in [5.74, 6) is 0.669. The maximum atomic E-state index is 5.32. The molecule has 0 fully saturated rings. The van der Waals surface area contributed by atoms with E-state index in [0.717, 1.165) is 33.2 Å². The fourth-order valence-corrected chi connectivity index (χ4v) is 8.04. The van der Waals surface area contributed by atoms with E-state index in [1.54, 1.807) is 0 Å². The predicted molar refractivity (Wildman–Crippen MR) is 198 cm³/mol. The minimum atomic E-state index is 0.669. The maximum absolute atomic E-state index is 5.32. The van der Waals surface area contributed by atoms with Crippen LogP contribution in [0, 0.1) is 0 Å². The van der Waals surface area contributed by atoms with E-state index in [-0.39, 0.29) is 0 Å². The first kappa shape index (κ1) is 25.6. The van der Waals surface area contributed by atoms with Crippen LogP contribution in [0.2, 0.25) is 0 Å². The molecule has 3 aromatic heterocycles. The Bertz CT molecular complexity index is 2950. The van der Waals surface area contributed by atoms with Crippen molar-refractivity contribution in [3.63, 3.8) is 0 Å². The molecule has 0 saturated heterocycles. The van der Waals surface area contributed by atoms with E-state index >= 15 is 0 Å². The van der Waals surface area contributed by atoms with Crippen LogP contribution in [-0.2, 0) is 0 Å². The van der Waals surface area contributed by atoms with E-state index in [2.05, 4.69) is 161 Å². The van der Waals surface area contributed by atoms with E-state index in [1.807, 2.05) is 6.07 Å². The number of para-hydroxylation sites is 4. The van der Waals surface area contributed by atoms with E-state index in [1.165, 1.54) is 60.5 Å². The average Bonchev–Trinajstić information content (AvgIpc) is 3.61. The molecule has 0 spiro atoms. The normalized spacial score (nSPS) is 12.2. The molecule has 0 aliphatic carbocycles. The second-order valence-corrected chi connectivity index (χ2v) is 12.6. The van der Waals surface area contributed by atoms with Crippen LogP contribution >= 0.6 is 0 Å². The largest absolute Gasteiger partial charge is 0.308 e. The summed E-state index contributed by atoms with van der Waals surface area (Å²) >= 11 is 0. The zero-order chi connectivity index (χ0) is 31.3. The van der Waals surface area contributed by atoms with Crippen LogP contribution in [0.3, 0.4) is 0 Å². The monoisotopic (exact) mass is 610 g/mol. The molecular formula is C44H26N4. The number of fused-ring (bicyclic) bond motifs is 12. The quantitative estimate of drug-likeness (QED) is 0.195. The Kier molecular flexibility index (Phi) is 5.08. The van der Waals surface area contributed by atoms with Gasteiger partial charge in [0.2, 0.25) is 5.95 Å². The van der Waals surface area contributed by atoms with E-state index in [0.29, 0.717) is 5.95 Å². The first-order valence-corrected chi connectivity index (χ1v) is 16.4. The second kappa shape index (κ2) is 9.50. The van der Waals surface area contributed by atoms with Gasteiger partial charge in [0.1, 0.15) is 0 Å². The van der Waals surface area contributed by atoms with Crippen molar-refractivity contribution in [1.82, 2.24) is 19.1 Å². The molecule has 1 aliphatic heterocycles. The molecular weight excluding hydrogens is 585 g/mol. The molecule has 4 heterocycles. The second-order valence-electron chi connectivity index (χ2n) is 12.6. The molecule has 1 aliphatic rings. The summed E-state index contributed by atoms with van der Waals surface area (Å²) < 4.78 is 4.74. The number of hydrogen-bond donors (Lipinski definition) is 0. The van der Waals surface area contributed by atoms with Gasteiger partial charge >= 0.3 is 0 Å². The highest BCUT2D eigenvalue weighted by molar-refractivity contribution is 6.22. The van der Waals surface area contributed by atoms with Crippen LogP contribution in [0.1, 0.15) is 0 Å². The fraction of sp³-hybridized carbons (Fsp3) is 0. The third kappa shape index (κ3) is 3.38. The third-order valence-electron chi connectivity index (χ3n) is 10.1. The Hall–Kier alpha value is -6.52. The molecule has 48 heavy (non-hydrogen) atoms. The van der Waals surface area contributed by atoms with Crippen molar-refractivity contribution < 1.29 is 0 Å². The van der Waals surface area contributed by atoms with Crippen molar-refractivity contribution >= 4 is 54.5 Å². The standard InChI is InChI=1S/C44H26N4/c1-2-13-27(14-3-1)42-34-19-6-9-22-37(34)45-44(46-42)48-39-24-11-8-18-31(39)35-25-40-36(26-41(35)48)33-21-12-20-32-29-16-5-4-15-28(29)30-17-7-10-23-38(30)47(40)43(32)33/h1-26H. The van der Waals surface area contributed by atoms with Crippen LogP contribution in [-0.4, -0.2) is 19.1 Å². The molecule has 7 aromatic carbocycles. The number of rotatable bonds is 2. The smallest absolute Gasteiger partial charge is 0.235 e. The Morgan fingerprint density at radius 3 is 1.83 bits per heavy atom. The molecule has 0 unspecified atom stereocenters. The fourth-order valence-electron chi connectivity index (χ4n) is 8.04. The first-order valence-electron chi connectivity index (χ1n) is 16.4. The number of hydrogen-bond acceptors (Lipinski definition) is 2. The minimum Gasteiger partial charge on any atom is -0.308 e. The highest BCUT2D eigenvalue weighted by Gasteiger charge is 2.26. The van der Waals surface area contributed by atoms with Crippen LogP contribution in [0.5, 0.6) is 0 Å². The van der Waals surface area contributed by atoms with Crippen LogP contribution in [0.4, 0.5) is 0 Å². The molecule has 4 heteroatoms. The van der Waals surface area contributed by atoms with Gasteiger partial charge in [0, 0.05) is 43.6 Å². The van der Waals surface area contributed by atoms with Crippen molar-refractivity contribution in [1.29, 1.82) is 0 Å². The molecule has 0 saturated carbocycles. The van der Waals surface area contributed by atoms with Crippen molar-refractivity contribution in [3.05, 3.63) is 158 Å². The van der Waals surface area contributed by atoms with Gasteiger partial charge in [0.25, 0.3) is 0 Å². The first-order chi connectivity index (χ1) is 23.8. The lowest BCUT2D eigenvalue weighted by Gasteiger charge is -2.13. The third-order valence-corrected chi connectivity index (χ3v) is 10.1. The van der Waals surface area contributed by atoms with Crippen LogP contribution in [0.25, 0.3) is 99.7 Å². The zero-order valence-electron chi connectivity index (χ0n) is 25.8. The Morgan fingerprint density at radius 2 is 0.979 bits per heavy atom. The van der Waals surface area contributed by atoms with Gasteiger partial charge in [-0.2, -0.15) is 0 Å². The summed E-state index contributed by atoms with van der Waals surface area (Å²) in [5, 5.41) is 5.84. The highest BCUT2D eigenvalue weighted by atomic mass is 15.2. The molecule has 0 N–H and O–H groups in total. The average molecular weight is 611 g/mol. The minimum absolute atomic E-state index is 0.669. The topological polar surface area (TPSA) is 35.6 Å². The van der Waals surface area contributed by atoms with Gasteiger partial charge < -0.3 is 4.57 Å². The van der Waals surface area contributed by atoms with Crippen molar-refractivity contribution in [3.8, 4) is 45.1 Å². The van der Waals surface area contributed by atoms with Crippen molar-refractivity contribution in [2.75, 3.05) is 0 Å². The zero-order valence-corrected chi connectivity index (χ0v) is 25.8. The predicted octanol–water partition coefficient (Wildman–Crippen LogP) is 11.1. The van der Waals surface area contributed by atoms with Gasteiger partial charge in [-0.15, -0.1) is 0 Å². The van der Waals surface area contributed by atoms with E-state index in [9.17, 15) is 0 Å². The van der Waals surface area contributed by atoms with Gasteiger partial charge in [-0.05, 0) is 41.5 Å². The molecule has 11 rings (SSSR count). The van der Waals surface area contributed by atoms with Crippen LogP contribution < -0.4 is 0 Å². The maximum Gasteiger partial charge on any atom is 0.235 e. The van der Waals surface area contributed by atoms with E-state index in [4.69, 9.17) is 9.97 Å². The molecule has 10 aromatic rings. The Morgan fingerprint density at radius 1 is 0.375 bits per heavy atom. The van der Waals surface area contributed by atoms with Crippen LogP contribution in [0.15, 0.2) is 158 Å². The lowest BCUT2D eigenvalue weighted by atomic mass is 9.94. The van der Waals surface area contributed by atoms with Gasteiger partial charge in [0.05, 0.1) is 39.0 Å². The molecule has 222 valence electrons. The molecule has 4 nitrogen and oxygen atoms in total. The number of benzene rings is 7. The SMILES string of the molecule is c1ccc(-c2nc(-n3c4ccccc4c4cc5c(cc43)c3cccc4c3n5-c3ccccc3-c3ccccc3-4)nc3ccccc23)cc1.